The van der Waals surface area contributed by atoms with Gasteiger partial charge in [0.1, 0.15) is 0 Å². The fourth-order valence-electron chi connectivity index (χ4n) is 2.59. The van der Waals surface area contributed by atoms with E-state index in [1.165, 1.54) is 0 Å². The van der Waals surface area contributed by atoms with Crippen molar-refractivity contribution in [2.45, 2.75) is 32.9 Å². The summed E-state index contributed by atoms with van der Waals surface area (Å²) in [4.78, 5) is 12.5. The molecule has 0 aliphatic carbocycles. The zero-order valence-electron chi connectivity index (χ0n) is 14.2. The Bertz CT molecular complexity index is 854. The van der Waals surface area contributed by atoms with Gasteiger partial charge in [-0.2, -0.15) is 10.2 Å². The molecule has 1 amide bonds. The molecule has 0 spiro atoms. The van der Waals surface area contributed by atoms with E-state index in [0.29, 0.717) is 18.8 Å². The number of benzene rings is 1. The van der Waals surface area contributed by atoms with Gasteiger partial charge in [-0.1, -0.05) is 38.1 Å². The van der Waals surface area contributed by atoms with Crippen LogP contribution in [0, 0.1) is 0 Å². The summed E-state index contributed by atoms with van der Waals surface area (Å²) in [6, 6.07) is 9.91. The fraction of sp³-hybridized carbons (Fsp3) is 0.278. The lowest BCUT2D eigenvalue weighted by Crippen LogP contribution is -2.24. The van der Waals surface area contributed by atoms with E-state index in [4.69, 9.17) is 0 Å². The van der Waals surface area contributed by atoms with Gasteiger partial charge in [-0.15, -0.1) is 0 Å². The molecule has 25 heavy (non-hydrogen) atoms. The quantitative estimate of drug-likeness (QED) is 0.663. The summed E-state index contributed by atoms with van der Waals surface area (Å²) in [6.07, 6.45) is 3.68. The van der Waals surface area contributed by atoms with E-state index in [1.54, 1.807) is 6.20 Å². The van der Waals surface area contributed by atoms with Gasteiger partial charge in [0.25, 0.3) is 5.91 Å². The van der Waals surface area contributed by atoms with Gasteiger partial charge in [0.15, 0.2) is 5.69 Å². The third-order valence-corrected chi connectivity index (χ3v) is 4.78. The number of carbonyl (C=O) groups excluding carboxylic acids is 1. The highest BCUT2D eigenvalue weighted by atomic mass is 79.9. The summed E-state index contributed by atoms with van der Waals surface area (Å²) in [5.74, 6) is 0.0575. The number of aromatic amines is 1. The molecule has 1 aromatic carbocycles. The molecule has 0 bridgehead atoms. The summed E-state index contributed by atoms with van der Waals surface area (Å²) in [5.41, 5.74) is 3.48. The van der Waals surface area contributed by atoms with Gasteiger partial charge >= 0.3 is 0 Å². The molecular formula is C18H20BrN5O. The van der Waals surface area contributed by atoms with E-state index in [9.17, 15) is 4.79 Å². The van der Waals surface area contributed by atoms with Crippen molar-refractivity contribution in [1.82, 2.24) is 25.3 Å². The summed E-state index contributed by atoms with van der Waals surface area (Å²) < 4.78 is 2.59. The Morgan fingerprint density at radius 2 is 2.04 bits per heavy atom. The normalized spacial score (nSPS) is 11.0. The second-order valence-electron chi connectivity index (χ2n) is 6.11. The lowest BCUT2D eigenvalue weighted by atomic mass is 10.1. The molecule has 0 fully saturated rings. The van der Waals surface area contributed by atoms with Crippen molar-refractivity contribution in [3.05, 3.63) is 69.7 Å². The minimum atomic E-state index is -0.205. The Hall–Kier alpha value is -2.41. The van der Waals surface area contributed by atoms with Gasteiger partial charge in [0, 0.05) is 18.9 Å². The molecule has 0 aliphatic rings. The maximum Gasteiger partial charge on any atom is 0.273 e. The summed E-state index contributed by atoms with van der Waals surface area (Å²) in [6.45, 7) is 5.20. The predicted molar refractivity (Wildman–Crippen MR) is 99.3 cm³/mol. The number of carbonyl (C=O) groups is 1. The Morgan fingerprint density at radius 1 is 1.28 bits per heavy atom. The van der Waals surface area contributed by atoms with Crippen molar-refractivity contribution in [3.8, 4) is 0 Å². The van der Waals surface area contributed by atoms with E-state index in [2.05, 4.69) is 36.5 Å². The van der Waals surface area contributed by atoms with Gasteiger partial charge in [0.2, 0.25) is 0 Å². The average Bonchev–Trinajstić information content (AvgIpc) is 3.23. The number of hydrogen-bond acceptors (Lipinski definition) is 3. The third kappa shape index (κ3) is 3.99. The van der Waals surface area contributed by atoms with Crippen LogP contribution in [0.1, 0.15) is 47.1 Å². The largest absolute Gasteiger partial charge is 0.347 e. The molecule has 0 saturated heterocycles. The topological polar surface area (TPSA) is 75.6 Å². The lowest BCUT2D eigenvalue weighted by molar-refractivity contribution is 0.0945. The first kappa shape index (κ1) is 17.4. The van der Waals surface area contributed by atoms with E-state index in [-0.39, 0.29) is 11.8 Å². The Labute approximate surface area is 154 Å². The summed E-state index contributed by atoms with van der Waals surface area (Å²) in [7, 11) is 0. The fourth-order valence-corrected chi connectivity index (χ4v) is 3.40. The highest BCUT2D eigenvalue weighted by Crippen LogP contribution is 2.25. The van der Waals surface area contributed by atoms with Crippen LogP contribution in [0.4, 0.5) is 0 Å². The molecule has 2 aromatic heterocycles. The Morgan fingerprint density at radius 3 is 2.68 bits per heavy atom. The van der Waals surface area contributed by atoms with Gasteiger partial charge in [0.05, 0.1) is 16.7 Å². The van der Waals surface area contributed by atoms with Crippen molar-refractivity contribution in [1.29, 1.82) is 0 Å². The van der Waals surface area contributed by atoms with Crippen molar-refractivity contribution >= 4 is 21.8 Å². The van der Waals surface area contributed by atoms with E-state index < -0.39 is 0 Å². The van der Waals surface area contributed by atoms with E-state index in [0.717, 1.165) is 21.3 Å². The monoisotopic (exact) mass is 401 g/mol. The van der Waals surface area contributed by atoms with Gasteiger partial charge in [-0.25, -0.2) is 0 Å². The molecule has 6 nitrogen and oxygen atoms in total. The number of nitrogens with one attached hydrogen (secondary N) is 2. The molecule has 3 aromatic rings. The maximum absolute atomic E-state index is 12.5. The molecule has 0 saturated carbocycles. The lowest BCUT2D eigenvalue weighted by Gasteiger charge is -2.10. The van der Waals surface area contributed by atoms with Crippen LogP contribution in [-0.2, 0) is 13.1 Å². The van der Waals surface area contributed by atoms with Crippen LogP contribution in [0.25, 0.3) is 0 Å². The maximum atomic E-state index is 12.5. The van der Waals surface area contributed by atoms with Crippen molar-refractivity contribution in [3.63, 3.8) is 0 Å². The SMILES string of the molecule is CC(C)c1[nH]nc(C(=O)NCc2ccccc2Cn2cccn2)c1Br. The molecule has 0 atom stereocenters. The molecule has 0 aliphatic heterocycles. The van der Waals surface area contributed by atoms with Crippen LogP contribution in [0.2, 0.25) is 0 Å². The summed E-state index contributed by atoms with van der Waals surface area (Å²) in [5, 5.41) is 14.2. The van der Waals surface area contributed by atoms with E-state index in [1.807, 2.05) is 55.1 Å². The standard InChI is InChI=1S/C18H20BrN5O/c1-12(2)16-15(19)17(23-22-16)18(25)20-10-13-6-3-4-7-14(13)11-24-9-5-8-21-24/h3-9,12H,10-11H2,1-2H3,(H,20,25)(H,22,23). The first-order valence-corrected chi connectivity index (χ1v) is 8.91. The van der Waals surface area contributed by atoms with Crippen LogP contribution in [0.15, 0.2) is 47.2 Å². The highest BCUT2D eigenvalue weighted by molar-refractivity contribution is 9.10. The first-order chi connectivity index (χ1) is 12.1. The molecule has 7 heteroatoms. The zero-order valence-corrected chi connectivity index (χ0v) is 15.7. The molecule has 0 unspecified atom stereocenters. The number of hydrogen-bond donors (Lipinski definition) is 2. The molecule has 3 rings (SSSR count). The second-order valence-corrected chi connectivity index (χ2v) is 6.90. The third-order valence-electron chi connectivity index (χ3n) is 3.97. The van der Waals surface area contributed by atoms with Crippen LogP contribution in [-0.4, -0.2) is 25.9 Å². The number of aromatic nitrogens is 4. The van der Waals surface area contributed by atoms with Gasteiger partial charge < -0.3 is 5.32 Å². The minimum Gasteiger partial charge on any atom is -0.347 e. The number of halogens is 1. The van der Waals surface area contributed by atoms with Crippen molar-refractivity contribution < 1.29 is 4.79 Å². The molecule has 2 N–H and O–H groups in total. The number of rotatable bonds is 6. The van der Waals surface area contributed by atoms with Crippen molar-refractivity contribution in [2.75, 3.05) is 0 Å². The Balaban J connectivity index is 1.70. The zero-order chi connectivity index (χ0) is 17.8. The van der Waals surface area contributed by atoms with Crippen molar-refractivity contribution in [2.24, 2.45) is 0 Å². The number of nitrogens with zero attached hydrogens (tertiary/aromatic N) is 3. The van der Waals surface area contributed by atoms with Crippen LogP contribution < -0.4 is 5.32 Å². The van der Waals surface area contributed by atoms with Gasteiger partial charge in [-0.3, -0.25) is 14.6 Å². The minimum absolute atomic E-state index is 0.205. The highest BCUT2D eigenvalue weighted by Gasteiger charge is 2.19. The summed E-state index contributed by atoms with van der Waals surface area (Å²) >= 11 is 3.47. The smallest absolute Gasteiger partial charge is 0.273 e. The second kappa shape index (κ2) is 7.65. The molecule has 130 valence electrons. The molecule has 0 radical (unpaired) electrons. The number of H-pyrrole nitrogens is 1. The van der Waals surface area contributed by atoms with Crippen LogP contribution >= 0.6 is 15.9 Å². The first-order valence-electron chi connectivity index (χ1n) is 8.12. The Kier molecular flexibility index (Phi) is 5.33. The molecular weight excluding hydrogens is 382 g/mol. The predicted octanol–water partition coefficient (Wildman–Crippen LogP) is 3.47. The number of amides is 1. The molecule has 2 heterocycles. The van der Waals surface area contributed by atoms with Crippen LogP contribution in [0.5, 0.6) is 0 Å². The van der Waals surface area contributed by atoms with E-state index >= 15 is 0 Å². The average molecular weight is 402 g/mol. The van der Waals surface area contributed by atoms with Crippen LogP contribution in [0.3, 0.4) is 0 Å². The van der Waals surface area contributed by atoms with Gasteiger partial charge in [-0.05, 0) is 39.0 Å².